The standard InChI is InChI=1S/C14H20N2O2/c1-9-5-10(2)7-12(6-9)18-8-14(16,13(15)17)11-3-4-11/h5-7,11H,3-4,8,16H2,1-2H3,(H2,15,17). The number of carbonyl (C=O) groups excluding carboxylic acids is 1. The quantitative estimate of drug-likeness (QED) is 0.823. The number of primary amides is 1. The first-order valence-electron chi connectivity index (χ1n) is 6.22. The summed E-state index contributed by atoms with van der Waals surface area (Å²) in [7, 11) is 0. The van der Waals surface area contributed by atoms with Crippen LogP contribution in [0.3, 0.4) is 0 Å². The maximum atomic E-state index is 11.5. The van der Waals surface area contributed by atoms with E-state index >= 15 is 0 Å². The number of hydrogen-bond acceptors (Lipinski definition) is 3. The number of rotatable bonds is 5. The van der Waals surface area contributed by atoms with Crippen LogP contribution in [-0.2, 0) is 4.79 Å². The summed E-state index contributed by atoms with van der Waals surface area (Å²) in [5.41, 5.74) is 12.7. The van der Waals surface area contributed by atoms with E-state index in [0.29, 0.717) is 0 Å². The third-order valence-corrected chi connectivity index (χ3v) is 3.44. The number of benzene rings is 1. The summed E-state index contributed by atoms with van der Waals surface area (Å²) < 4.78 is 5.67. The summed E-state index contributed by atoms with van der Waals surface area (Å²) in [4.78, 5) is 11.5. The van der Waals surface area contributed by atoms with E-state index in [2.05, 4.69) is 6.07 Å². The molecule has 4 N–H and O–H groups in total. The molecule has 0 heterocycles. The van der Waals surface area contributed by atoms with Gasteiger partial charge in [0.2, 0.25) is 5.91 Å². The molecule has 1 aromatic rings. The fraction of sp³-hybridized carbons (Fsp3) is 0.500. The Balaban J connectivity index is 2.07. The van der Waals surface area contributed by atoms with Crippen molar-refractivity contribution in [2.75, 3.05) is 6.61 Å². The fourth-order valence-corrected chi connectivity index (χ4v) is 2.21. The van der Waals surface area contributed by atoms with Crippen LogP contribution in [0.15, 0.2) is 18.2 Å². The molecule has 0 bridgehead atoms. The molecule has 1 aromatic carbocycles. The van der Waals surface area contributed by atoms with E-state index in [-0.39, 0.29) is 12.5 Å². The summed E-state index contributed by atoms with van der Waals surface area (Å²) in [5, 5.41) is 0. The van der Waals surface area contributed by atoms with Crippen molar-refractivity contribution in [2.45, 2.75) is 32.2 Å². The smallest absolute Gasteiger partial charge is 0.241 e. The van der Waals surface area contributed by atoms with Crippen LogP contribution in [0.2, 0.25) is 0 Å². The average molecular weight is 248 g/mol. The molecule has 1 aliphatic carbocycles. The monoisotopic (exact) mass is 248 g/mol. The Hall–Kier alpha value is -1.55. The Morgan fingerprint density at radius 1 is 1.33 bits per heavy atom. The van der Waals surface area contributed by atoms with Crippen molar-refractivity contribution in [3.63, 3.8) is 0 Å². The maximum Gasteiger partial charge on any atom is 0.241 e. The van der Waals surface area contributed by atoms with E-state index in [1.54, 1.807) is 0 Å². The lowest BCUT2D eigenvalue weighted by atomic mass is 9.95. The van der Waals surface area contributed by atoms with Crippen molar-refractivity contribution < 1.29 is 9.53 Å². The Morgan fingerprint density at radius 3 is 2.33 bits per heavy atom. The minimum absolute atomic E-state index is 0.149. The van der Waals surface area contributed by atoms with Crippen LogP contribution in [0.4, 0.5) is 0 Å². The SMILES string of the molecule is Cc1cc(C)cc(OCC(N)(C(N)=O)C2CC2)c1. The van der Waals surface area contributed by atoms with E-state index in [9.17, 15) is 4.79 Å². The number of carbonyl (C=O) groups is 1. The lowest BCUT2D eigenvalue weighted by Crippen LogP contribution is -2.58. The Labute approximate surface area is 107 Å². The molecule has 98 valence electrons. The third kappa shape index (κ3) is 2.64. The van der Waals surface area contributed by atoms with E-state index in [4.69, 9.17) is 16.2 Å². The van der Waals surface area contributed by atoms with Gasteiger partial charge in [-0.2, -0.15) is 0 Å². The average Bonchev–Trinajstić information content (AvgIpc) is 3.08. The summed E-state index contributed by atoms with van der Waals surface area (Å²) >= 11 is 0. The van der Waals surface area contributed by atoms with E-state index in [1.165, 1.54) is 0 Å². The number of ether oxygens (including phenoxy) is 1. The van der Waals surface area contributed by atoms with Gasteiger partial charge in [-0.1, -0.05) is 6.07 Å². The van der Waals surface area contributed by atoms with Crippen molar-refractivity contribution in [3.05, 3.63) is 29.3 Å². The molecular weight excluding hydrogens is 228 g/mol. The van der Waals surface area contributed by atoms with Gasteiger partial charge in [-0.15, -0.1) is 0 Å². The van der Waals surface area contributed by atoms with Crippen molar-refractivity contribution in [3.8, 4) is 5.75 Å². The zero-order chi connectivity index (χ0) is 13.3. The van der Waals surface area contributed by atoms with E-state index in [1.807, 2.05) is 26.0 Å². The summed E-state index contributed by atoms with van der Waals surface area (Å²) in [6, 6.07) is 5.93. The minimum Gasteiger partial charge on any atom is -0.491 e. The summed E-state index contributed by atoms with van der Waals surface area (Å²) in [6.07, 6.45) is 1.91. The molecule has 1 amide bonds. The maximum absolute atomic E-state index is 11.5. The Bertz CT molecular complexity index is 449. The molecule has 1 fully saturated rings. The highest BCUT2D eigenvalue weighted by molar-refractivity contribution is 5.85. The highest BCUT2D eigenvalue weighted by Crippen LogP contribution is 2.38. The van der Waals surface area contributed by atoms with Gasteiger partial charge < -0.3 is 16.2 Å². The van der Waals surface area contributed by atoms with Gasteiger partial charge in [0.15, 0.2) is 0 Å². The molecule has 1 unspecified atom stereocenters. The van der Waals surface area contributed by atoms with Crippen LogP contribution < -0.4 is 16.2 Å². The van der Waals surface area contributed by atoms with Gasteiger partial charge in [0.05, 0.1) is 0 Å². The molecule has 0 radical (unpaired) electrons. The zero-order valence-corrected chi connectivity index (χ0v) is 10.9. The first kappa shape index (κ1) is 12.9. The molecule has 0 saturated heterocycles. The number of hydrogen-bond donors (Lipinski definition) is 2. The van der Waals surface area contributed by atoms with Crippen molar-refractivity contribution in [1.82, 2.24) is 0 Å². The van der Waals surface area contributed by atoms with Gasteiger partial charge in [0, 0.05) is 0 Å². The Kier molecular flexibility index (Phi) is 3.30. The van der Waals surface area contributed by atoms with Crippen LogP contribution in [0.25, 0.3) is 0 Å². The zero-order valence-electron chi connectivity index (χ0n) is 10.9. The molecule has 0 spiro atoms. The van der Waals surface area contributed by atoms with E-state index in [0.717, 1.165) is 29.7 Å². The molecular formula is C14H20N2O2. The molecule has 4 heteroatoms. The second kappa shape index (κ2) is 4.61. The summed E-state index contributed by atoms with van der Waals surface area (Å²) in [6.45, 7) is 4.16. The first-order chi connectivity index (χ1) is 8.41. The molecule has 18 heavy (non-hydrogen) atoms. The highest BCUT2D eigenvalue weighted by atomic mass is 16.5. The third-order valence-electron chi connectivity index (χ3n) is 3.44. The van der Waals surface area contributed by atoms with Gasteiger partial charge in [0.1, 0.15) is 17.9 Å². The molecule has 4 nitrogen and oxygen atoms in total. The molecule has 0 aromatic heterocycles. The van der Waals surface area contributed by atoms with Crippen molar-refractivity contribution in [2.24, 2.45) is 17.4 Å². The summed E-state index contributed by atoms with van der Waals surface area (Å²) in [5.74, 6) is 0.430. The Morgan fingerprint density at radius 2 is 1.89 bits per heavy atom. The second-order valence-corrected chi connectivity index (χ2v) is 5.29. The molecule has 2 rings (SSSR count). The predicted octanol–water partition coefficient (Wildman–Crippen LogP) is 1.28. The van der Waals surface area contributed by atoms with Crippen LogP contribution in [0.5, 0.6) is 5.75 Å². The number of nitrogens with two attached hydrogens (primary N) is 2. The molecule has 0 aliphatic heterocycles. The fourth-order valence-electron chi connectivity index (χ4n) is 2.21. The lowest BCUT2D eigenvalue weighted by molar-refractivity contribution is -0.125. The highest BCUT2D eigenvalue weighted by Gasteiger charge is 2.47. The van der Waals surface area contributed by atoms with Gasteiger partial charge in [-0.3, -0.25) is 4.79 Å². The van der Waals surface area contributed by atoms with Gasteiger partial charge in [0.25, 0.3) is 0 Å². The normalized spacial score (nSPS) is 18.2. The van der Waals surface area contributed by atoms with Gasteiger partial charge >= 0.3 is 0 Å². The lowest BCUT2D eigenvalue weighted by Gasteiger charge is -2.25. The van der Waals surface area contributed by atoms with Crippen molar-refractivity contribution >= 4 is 5.91 Å². The number of amides is 1. The van der Waals surface area contributed by atoms with E-state index < -0.39 is 11.4 Å². The molecule has 1 aliphatic rings. The largest absolute Gasteiger partial charge is 0.491 e. The minimum atomic E-state index is -1.03. The van der Waals surface area contributed by atoms with Crippen molar-refractivity contribution in [1.29, 1.82) is 0 Å². The van der Waals surface area contributed by atoms with Gasteiger partial charge in [-0.05, 0) is 55.9 Å². The predicted molar refractivity (Wildman–Crippen MR) is 70.2 cm³/mol. The van der Waals surface area contributed by atoms with Crippen LogP contribution >= 0.6 is 0 Å². The first-order valence-corrected chi connectivity index (χ1v) is 6.22. The topological polar surface area (TPSA) is 78.3 Å². The number of aryl methyl sites for hydroxylation is 2. The van der Waals surface area contributed by atoms with Crippen LogP contribution in [0, 0.1) is 19.8 Å². The second-order valence-electron chi connectivity index (χ2n) is 5.29. The van der Waals surface area contributed by atoms with Crippen LogP contribution in [0.1, 0.15) is 24.0 Å². The molecule has 1 saturated carbocycles. The van der Waals surface area contributed by atoms with Crippen LogP contribution in [-0.4, -0.2) is 18.1 Å². The van der Waals surface area contributed by atoms with Gasteiger partial charge in [-0.25, -0.2) is 0 Å². The molecule has 1 atom stereocenters.